The number of carboxylic acids is 1. The molecule has 0 aliphatic heterocycles. The van der Waals surface area contributed by atoms with Gasteiger partial charge in [-0.3, -0.25) is 0 Å². The minimum atomic E-state index is -6.33. The van der Waals surface area contributed by atoms with E-state index in [-0.39, 0.29) is 22.4 Å². The predicted molar refractivity (Wildman–Crippen MR) is 22.6 cm³/mol. The maximum absolute atomic E-state index is 11.5. The summed E-state index contributed by atoms with van der Waals surface area (Å²) < 4.78 is 52.8. The first-order valence-corrected chi connectivity index (χ1v) is 3.13. The van der Waals surface area contributed by atoms with Gasteiger partial charge in [-0.1, -0.05) is 3.89 Å². The first-order chi connectivity index (χ1) is 4.19. The average Bonchev–Trinajstić information content (AvgIpc) is 1.62. The third kappa shape index (κ3) is 2.81. The first kappa shape index (κ1) is 13.5. The summed E-state index contributed by atoms with van der Waals surface area (Å²) >= 11 is 0. The Kier molecular flexibility index (Phi) is 4.39. The second-order valence-corrected chi connectivity index (χ2v) is 2.65. The van der Waals surface area contributed by atoms with E-state index < -0.39 is 21.4 Å². The molecule has 71 valence electrons. The van der Waals surface area contributed by atoms with Gasteiger partial charge in [0.25, 0.3) is 0 Å². The van der Waals surface area contributed by atoms with E-state index in [4.69, 9.17) is 5.11 Å². The molecule has 0 saturated carbocycles. The number of hydrogen-bond acceptors (Lipinski definition) is 3. The Labute approximate surface area is 75.1 Å². The molecule has 0 aromatic rings. The summed E-state index contributed by atoms with van der Waals surface area (Å²) in [6, 6.07) is 0. The number of halogens is 3. The molecule has 0 spiro atoms. The molecule has 0 heterocycles. The Morgan fingerprint density at radius 3 is 1.64 bits per heavy atom. The van der Waals surface area contributed by atoms with Crippen molar-refractivity contribution in [3.8, 4) is 0 Å². The molecule has 1 radical (unpaired) electrons. The van der Waals surface area contributed by atoms with Gasteiger partial charge in [-0.2, -0.15) is 17.2 Å². The van der Waals surface area contributed by atoms with E-state index in [2.05, 4.69) is 0 Å². The molecular weight excluding hydrogens is 285 g/mol. The standard InChI is InChI=1S/C2HF3O4S.Ag/c3-2(4,1(6)7)10(5,8)9;/h(H,6,7);. The molecule has 0 rings (SSSR count). The molecule has 4 nitrogen and oxygen atoms in total. The quantitative estimate of drug-likeness (QED) is 0.571. The fourth-order valence-electron chi connectivity index (χ4n) is 0.104. The van der Waals surface area contributed by atoms with Crippen molar-refractivity contribution in [1.82, 2.24) is 0 Å². The van der Waals surface area contributed by atoms with Crippen molar-refractivity contribution in [3.63, 3.8) is 0 Å². The molecule has 0 atom stereocenters. The molecule has 0 aromatic carbocycles. The van der Waals surface area contributed by atoms with Gasteiger partial charge in [-0.25, -0.2) is 4.79 Å². The first-order valence-electron chi connectivity index (χ1n) is 1.75. The van der Waals surface area contributed by atoms with Crippen LogP contribution in [0.1, 0.15) is 0 Å². The largest absolute Gasteiger partial charge is 0.476 e. The zero-order valence-corrected chi connectivity index (χ0v) is 6.81. The van der Waals surface area contributed by atoms with Crippen molar-refractivity contribution in [3.05, 3.63) is 0 Å². The van der Waals surface area contributed by atoms with Crippen LogP contribution in [0, 0.1) is 0 Å². The number of aliphatic carboxylic acids is 1. The fourth-order valence-corrected chi connectivity index (χ4v) is 0.313. The number of alkyl halides is 2. The summed E-state index contributed by atoms with van der Waals surface area (Å²) in [5, 5.41) is 2.07. The molecule has 0 bridgehead atoms. The van der Waals surface area contributed by atoms with E-state index in [1.807, 2.05) is 0 Å². The summed E-state index contributed by atoms with van der Waals surface area (Å²) in [7, 11) is -6.33. The van der Waals surface area contributed by atoms with Gasteiger partial charge in [0.1, 0.15) is 0 Å². The minimum Gasteiger partial charge on any atom is -0.476 e. The van der Waals surface area contributed by atoms with E-state index in [0.717, 1.165) is 0 Å². The van der Waals surface area contributed by atoms with Gasteiger partial charge < -0.3 is 5.11 Å². The van der Waals surface area contributed by atoms with Crippen molar-refractivity contribution in [2.75, 3.05) is 0 Å². The summed E-state index contributed by atoms with van der Waals surface area (Å²) in [5.41, 5.74) is 0. The molecule has 0 saturated heterocycles. The van der Waals surface area contributed by atoms with E-state index in [0.29, 0.717) is 0 Å². The van der Waals surface area contributed by atoms with Gasteiger partial charge in [0.15, 0.2) is 0 Å². The molecule has 0 unspecified atom stereocenters. The number of rotatable bonds is 2. The molecule has 0 aliphatic carbocycles. The van der Waals surface area contributed by atoms with Crippen molar-refractivity contribution in [2.24, 2.45) is 0 Å². The Bertz CT molecular complexity index is 246. The summed E-state index contributed by atoms with van der Waals surface area (Å²) in [6.07, 6.45) is 0. The second kappa shape index (κ2) is 3.57. The van der Waals surface area contributed by atoms with Crippen LogP contribution in [0.2, 0.25) is 0 Å². The van der Waals surface area contributed by atoms with Crippen LogP contribution in [0.15, 0.2) is 0 Å². The summed E-state index contributed by atoms with van der Waals surface area (Å²) in [5.74, 6) is -3.03. The zero-order valence-electron chi connectivity index (χ0n) is 4.52. The number of carboxylic acid groups (broad SMARTS) is 1. The van der Waals surface area contributed by atoms with Crippen LogP contribution in [0.5, 0.6) is 0 Å². The fraction of sp³-hybridized carbons (Fsp3) is 0.500. The van der Waals surface area contributed by atoms with Gasteiger partial charge >= 0.3 is 21.4 Å². The smallest absolute Gasteiger partial charge is 0.470 e. The van der Waals surface area contributed by atoms with Crippen molar-refractivity contribution in [1.29, 1.82) is 0 Å². The van der Waals surface area contributed by atoms with Gasteiger partial charge in [-0.05, 0) is 0 Å². The van der Waals surface area contributed by atoms with E-state index in [1.54, 1.807) is 0 Å². The van der Waals surface area contributed by atoms with Gasteiger partial charge in [0.05, 0.1) is 0 Å². The van der Waals surface area contributed by atoms with Crippen LogP contribution in [0.4, 0.5) is 12.7 Å². The maximum Gasteiger partial charge on any atom is 0.470 e. The van der Waals surface area contributed by atoms with Crippen LogP contribution >= 0.6 is 0 Å². The Morgan fingerprint density at radius 1 is 1.36 bits per heavy atom. The number of hydrogen-bond donors (Lipinski definition) is 1. The van der Waals surface area contributed by atoms with Crippen molar-refractivity contribution < 1.29 is 53.4 Å². The SMILES string of the molecule is O=C(O)C(F)(F)S(=O)(=O)F.[Ag]. The van der Waals surface area contributed by atoms with Gasteiger partial charge in [-0.15, -0.1) is 0 Å². The molecule has 11 heavy (non-hydrogen) atoms. The third-order valence-electron chi connectivity index (χ3n) is 0.555. The second-order valence-electron chi connectivity index (χ2n) is 1.26. The van der Waals surface area contributed by atoms with Crippen LogP contribution in [-0.2, 0) is 37.4 Å². The molecule has 1 N–H and O–H groups in total. The molecule has 0 aliphatic rings. The van der Waals surface area contributed by atoms with Gasteiger partial charge in [0, 0.05) is 22.4 Å². The van der Waals surface area contributed by atoms with E-state index >= 15 is 0 Å². The average molecular weight is 286 g/mol. The van der Waals surface area contributed by atoms with Crippen LogP contribution in [0.3, 0.4) is 0 Å². The van der Waals surface area contributed by atoms with E-state index in [9.17, 15) is 25.9 Å². The van der Waals surface area contributed by atoms with Crippen LogP contribution in [-0.4, -0.2) is 24.7 Å². The van der Waals surface area contributed by atoms with Gasteiger partial charge in [0.2, 0.25) is 0 Å². The normalized spacial score (nSPS) is 11.9. The topological polar surface area (TPSA) is 71.4 Å². The van der Waals surface area contributed by atoms with Crippen molar-refractivity contribution >= 4 is 16.2 Å². The predicted octanol–water partition coefficient (Wildman–Crippen LogP) is -0.0394. The van der Waals surface area contributed by atoms with Crippen LogP contribution in [0.25, 0.3) is 0 Å². The molecule has 0 aromatic heterocycles. The molecule has 9 heteroatoms. The minimum absolute atomic E-state index is 0. The number of carbonyl (C=O) groups is 1. The summed E-state index contributed by atoms with van der Waals surface area (Å²) in [6.45, 7) is 0. The molecular formula is C2HAgF3O4S. The molecule has 0 amide bonds. The monoisotopic (exact) mass is 285 g/mol. The Morgan fingerprint density at radius 2 is 1.64 bits per heavy atom. The van der Waals surface area contributed by atoms with Crippen molar-refractivity contribution in [2.45, 2.75) is 5.25 Å². The third-order valence-corrected chi connectivity index (χ3v) is 1.34. The maximum atomic E-state index is 11.5. The Hall–Kier alpha value is -0.0497. The Balaban J connectivity index is 0. The molecule has 0 fully saturated rings. The van der Waals surface area contributed by atoms with Crippen LogP contribution < -0.4 is 0 Å². The zero-order chi connectivity index (χ0) is 8.58. The van der Waals surface area contributed by atoms with E-state index in [1.165, 1.54) is 0 Å². The summed E-state index contributed by atoms with van der Waals surface area (Å²) in [4.78, 5) is 9.30.